The quantitative estimate of drug-likeness (QED) is 0.393. The predicted octanol–water partition coefficient (Wildman–Crippen LogP) is -2.26. The Morgan fingerprint density at radius 2 is 1.86 bits per heavy atom. The lowest BCUT2D eigenvalue weighted by Gasteiger charge is -2.02. The fourth-order valence-electron chi connectivity index (χ4n) is 0.316. The molecule has 0 radical (unpaired) electrons. The van der Waals surface area contributed by atoms with Crippen LogP contribution in [0.15, 0.2) is 0 Å². The van der Waals surface area contributed by atoms with Crippen LogP contribution in [-0.2, 0) is 0 Å². The topological polar surface area (TPSA) is 40.5 Å². The maximum atomic E-state index is 8.37. The van der Waals surface area contributed by atoms with E-state index in [9.17, 15) is 0 Å². The first-order chi connectivity index (χ1) is 3.35. The van der Waals surface area contributed by atoms with Gasteiger partial charge < -0.3 is 10.2 Å². The third kappa shape index (κ3) is 2.71. The molecule has 0 aromatic rings. The van der Waals surface area contributed by atoms with Gasteiger partial charge in [-0.15, -0.1) is 0 Å². The molecule has 0 saturated heterocycles. The van der Waals surface area contributed by atoms with Crippen LogP contribution in [0.1, 0.15) is 0 Å². The molecule has 0 amide bonds. The first-order valence-corrected chi connectivity index (χ1v) is 2.56. The molecular weight excluding hydrogens is 89.7 g/mol. The van der Waals surface area contributed by atoms with Crippen molar-refractivity contribution < 1.29 is 10.2 Å². The van der Waals surface area contributed by atoms with E-state index in [0.717, 1.165) is 7.17 Å². The van der Waals surface area contributed by atoms with Crippen molar-refractivity contribution in [1.29, 1.82) is 0 Å². The van der Waals surface area contributed by atoms with Gasteiger partial charge in [0.25, 0.3) is 0 Å². The third-order valence-corrected chi connectivity index (χ3v) is 1.09. The third-order valence-electron chi connectivity index (χ3n) is 1.09. The highest BCUT2D eigenvalue weighted by Crippen LogP contribution is 1.94. The average molecular weight is 99.7 g/mol. The van der Waals surface area contributed by atoms with Gasteiger partial charge in [0.1, 0.15) is 0 Å². The Kier molecular flexibility index (Phi) is 4.25. The van der Waals surface area contributed by atoms with E-state index in [0.29, 0.717) is 0 Å². The lowest BCUT2D eigenvalue weighted by molar-refractivity contribution is 0.221. The largest absolute Gasteiger partial charge is 0.397 e. The minimum Gasteiger partial charge on any atom is -0.397 e. The Bertz CT molecular complexity index is 32.4. The van der Waals surface area contributed by atoms with E-state index in [4.69, 9.17) is 10.2 Å². The second-order valence-electron chi connectivity index (χ2n) is 1.64. The van der Waals surface area contributed by atoms with Gasteiger partial charge >= 0.3 is 0 Å². The molecule has 0 aliphatic carbocycles. The van der Waals surface area contributed by atoms with Gasteiger partial charge in [-0.25, -0.2) is 0 Å². The standard InChI is InChI=1S/C3H10B2O2/c4-5-3(1-6)2-7/h3,5-7H,1-2,4H2. The number of aliphatic hydroxyl groups is 2. The molecule has 0 rings (SSSR count). The Morgan fingerprint density at radius 1 is 1.43 bits per heavy atom. The number of rotatable bonds is 3. The maximum absolute atomic E-state index is 8.37. The Balaban J connectivity index is 2.99. The summed E-state index contributed by atoms with van der Waals surface area (Å²) in [6.07, 6.45) is 0. The highest BCUT2D eigenvalue weighted by Gasteiger charge is 2.00. The Labute approximate surface area is 45.2 Å². The van der Waals surface area contributed by atoms with E-state index in [1.807, 2.05) is 7.74 Å². The molecule has 0 aromatic heterocycles. The fourth-order valence-corrected chi connectivity index (χ4v) is 0.316. The van der Waals surface area contributed by atoms with Crippen LogP contribution in [-0.4, -0.2) is 38.3 Å². The van der Waals surface area contributed by atoms with Gasteiger partial charge in [-0.3, -0.25) is 0 Å². The predicted molar refractivity (Wildman–Crippen MR) is 33.6 cm³/mol. The smallest absolute Gasteiger partial charge is 0.0919 e. The molecule has 0 unspecified atom stereocenters. The monoisotopic (exact) mass is 100 g/mol. The van der Waals surface area contributed by atoms with Crippen molar-refractivity contribution in [1.82, 2.24) is 0 Å². The summed E-state index contributed by atoms with van der Waals surface area (Å²) in [5, 5.41) is 16.7. The van der Waals surface area contributed by atoms with Crippen molar-refractivity contribution in [3.8, 4) is 0 Å². The van der Waals surface area contributed by atoms with Gasteiger partial charge in [-0.2, -0.15) is 0 Å². The van der Waals surface area contributed by atoms with Crippen molar-refractivity contribution in [3.05, 3.63) is 0 Å². The summed E-state index contributed by atoms with van der Waals surface area (Å²) in [6.45, 7) is 0.208. The zero-order chi connectivity index (χ0) is 5.70. The molecule has 40 valence electrons. The van der Waals surface area contributed by atoms with Gasteiger partial charge in [0.05, 0.1) is 14.9 Å². The van der Waals surface area contributed by atoms with E-state index >= 15 is 0 Å². The summed E-state index contributed by atoms with van der Waals surface area (Å²) in [7, 11) is 2.80. The van der Waals surface area contributed by atoms with Gasteiger partial charge in [0, 0.05) is 13.2 Å². The first kappa shape index (κ1) is 7.05. The van der Waals surface area contributed by atoms with Crippen LogP contribution in [0.25, 0.3) is 0 Å². The van der Waals surface area contributed by atoms with Gasteiger partial charge in [0.2, 0.25) is 0 Å². The van der Waals surface area contributed by atoms with E-state index in [2.05, 4.69) is 0 Å². The lowest BCUT2D eigenvalue weighted by atomic mass is 9.48. The zero-order valence-corrected chi connectivity index (χ0v) is 4.59. The van der Waals surface area contributed by atoms with Gasteiger partial charge in [0.15, 0.2) is 0 Å². The molecule has 0 aliphatic heterocycles. The SMILES string of the molecule is BBC(CO)CO. The van der Waals surface area contributed by atoms with Gasteiger partial charge in [-0.1, -0.05) is 0 Å². The van der Waals surface area contributed by atoms with Crippen LogP contribution >= 0.6 is 0 Å². The summed E-state index contributed by atoms with van der Waals surface area (Å²) in [5.74, 6) is 0.0972. The Hall–Kier alpha value is 0.0499. The van der Waals surface area contributed by atoms with E-state index in [-0.39, 0.29) is 19.0 Å². The molecule has 2 N–H and O–H groups in total. The molecule has 0 aromatic carbocycles. The highest BCUT2D eigenvalue weighted by atomic mass is 16.3. The van der Waals surface area contributed by atoms with Crippen LogP contribution in [0, 0.1) is 0 Å². The maximum Gasteiger partial charge on any atom is 0.0919 e. The number of hydrogen-bond donors (Lipinski definition) is 2. The van der Waals surface area contributed by atoms with Gasteiger partial charge in [-0.05, 0) is 5.82 Å². The van der Waals surface area contributed by atoms with Crippen LogP contribution in [0.3, 0.4) is 0 Å². The van der Waals surface area contributed by atoms with Crippen LogP contribution < -0.4 is 0 Å². The molecule has 2 nitrogen and oxygen atoms in total. The summed E-state index contributed by atoms with van der Waals surface area (Å²) >= 11 is 0. The van der Waals surface area contributed by atoms with E-state index < -0.39 is 0 Å². The zero-order valence-electron chi connectivity index (χ0n) is 4.59. The van der Waals surface area contributed by atoms with E-state index in [1.54, 1.807) is 0 Å². The second kappa shape index (κ2) is 4.22. The number of hydrogen-bond acceptors (Lipinski definition) is 2. The molecule has 0 spiro atoms. The summed E-state index contributed by atoms with van der Waals surface area (Å²) < 4.78 is 0. The lowest BCUT2D eigenvalue weighted by Crippen LogP contribution is -2.11. The minimum atomic E-state index is 0.0972. The molecule has 0 bridgehead atoms. The molecule has 7 heavy (non-hydrogen) atoms. The van der Waals surface area contributed by atoms with Crippen molar-refractivity contribution in [3.63, 3.8) is 0 Å². The second-order valence-corrected chi connectivity index (χ2v) is 1.64. The highest BCUT2D eigenvalue weighted by molar-refractivity contribution is 6.90. The van der Waals surface area contributed by atoms with Crippen LogP contribution in [0.4, 0.5) is 0 Å². The molecule has 0 atom stereocenters. The average Bonchev–Trinajstić information content (AvgIpc) is 1.72. The number of aliphatic hydroxyl groups excluding tert-OH is 2. The van der Waals surface area contributed by atoms with Crippen molar-refractivity contribution in [2.75, 3.05) is 13.2 Å². The summed E-state index contributed by atoms with van der Waals surface area (Å²) in [5.41, 5.74) is 0. The van der Waals surface area contributed by atoms with Crippen LogP contribution in [0.2, 0.25) is 5.82 Å². The summed E-state index contributed by atoms with van der Waals surface area (Å²) in [4.78, 5) is 0. The van der Waals surface area contributed by atoms with Crippen molar-refractivity contribution >= 4 is 14.9 Å². The molecule has 0 fully saturated rings. The summed E-state index contributed by atoms with van der Waals surface area (Å²) in [6, 6.07) is 0. The normalized spacial score (nSPS) is 9.57. The molecule has 0 heterocycles. The molecular formula is C3H10B2O2. The van der Waals surface area contributed by atoms with Crippen LogP contribution in [0.5, 0.6) is 0 Å². The molecule has 0 aliphatic rings. The molecule has 4 heteroatoms. The van der Waals surface area contributed by atoms with E-state index in [1.165, 1.54) is 0 Å². The molecule has 0 saturated carbocycles. The first-order valence-electron chi connectivity index (χ1n) is 2.56. The fraction of sp³-hybridized carbons (Fsp3) is 1.00. The Morgan fingerprint density at radius 3 is 1.86 bits per heavy atom. The van der Waals surface area contributed by atoms with Crippen molar-refractivity contribution in [2.24, 2.45) is 0 Å². The van der Waals surface area contributed by atoms with Crippen molar-refractivity contribution in [2.45, 2.75) is 5.82 Å². The minimum absolute atomic E-state index is 0.0972.